The van der Waals surface area contributed by atoms with Crippen molar-refractivity contribution >= 4 is 23.7 Å². The van der Waals surface area contributed by atoms with E-state index in [2.05, 4.69) is 71.1 Å². The van der Waals surface area contributed by atoms with E-state index in [0.717, 1.165) is 41.7 Å². The lowest BCUT2D eigenvalue weighted by Gasteiger charge is -2.03. The Balaban J connectivity index is 0.000000248. The molecule has 1 aromatic heterocycles. The number of aromatic nitrogens is 1. The number of nitrogens with one attached hydrogen (secondary N) is 3. The van der Waals surface area contributed by atoms with Gasteiger partial charge in [0.05, 0.1) is 14.2 Å². The molecule has 4 rings (SSSR count). The first-order valence-electron chi connectivity index (χ1n) is 12.3. The number of ether oxygens (including phenoxy) is 2. The molecule has 37 heavy (non-hydrogen) atoms. The lowest BCUT2D eigenvalue weighted by molar-refractivity contribution is -0.111. The van der Waals surface area contributed by atoms with E-state index in [9.17, 15) is 9.59 Å². The summed E-state index contributed by atoms with van der Waals surface area (Å²) >= 11 is 0. The second kappa shape index (κ2) is 17.2. The van der Waals surface area contributed by atoms with Gasteiger partial charge in [0.15, 0.2) is 0 Å². The number of carbonyl (C=O) groups is 2. The van der Waals surface area contributed by atoms with Crippen LogP contribution in [0.2, 0.25) is 0 Å². The maximum absolute atomic E-state index is 9.54. The Bertz CT molecular complexity index is 1180. The number of aromatic amines is 1. The van der Waals surface area contributed by atoms with Crippen molar-refractivity contribution in [1.29, 1.82) is 0 Å². The number of hydrogen-bond acceptors (Lipinski definition) is 4. The third-order valence-electron chi connectivity index (χ3n) is 5.55. The third kappa shape index (κ3) is 10.5. The molecule has 0 aliphatic rings. The van der Waals surface area contributed by atoms with Crippen LogP contribution in [-0.4, -0.2) is 45.1 Å². The maximum atomic E-state index is 9.54. The predicted octanol–water partition coefficient (Wildman–Crippen LogP) is 4.70. The molecule has 4 aromatic rings. The average Bonchev–Trinajstić information content (AvgIpc) is 3.39. The zero-order chi connectivity index (χ0) is 26.7. The molecule has 0 spiro atoms. The van der Waals surface area contributed by atoms with Gasteiger partial charge in [0.2, 0.25) is 12.8 Å². The van der Waals surface area contributed by atoms with E-state index in [-0.39, 0.29) is 0 Å². The number of H-pyrrole nitrogens is 1. The molecule has 1 heterocycles. The highest BCUT2D eigenvalue weighted by molar-refractivity contribution is 5.86. The summed E-state index contributed by atoms with van der Waals surface area (Å²) in [6.45, 7) is 3.14. The Kier molecular flexibility index (Phi) is 13.5. The second-order valence-electron chi connectivity index (χ2n) is 8.05. The molecule has 0 saturated heterocycles. The maximum Gasteiger partial charge on any atom is 0.207 e. The Morgan fingerprint density at radius 1 is 0.757 bits per heavy atom. The van der Waals surface area contributed by atoms with Crippen molar-refractivity contribution in [1.82, 2.24) is 15.6 Å². The van der Waals surface area contributed by atoms with E-state index >= 15 is 0 Å². The first-order chi connectivity index (χ1) is 18.1. The molecular formula is C30H37N3O4. The molecule has 196 valence electrons. The van der Waals surface area contributed by atoms with E-state index in [1.165, 1.54) is 16.8 Å². The third-order valence-corrected chi connectivity index (χ3v) is 5.55. The van der Waals surface area contributed by atoms with E-state index < -0.39 is 0 Å². The molecule has 0 bridgehead atoms. The predicted molar refractivity (Wildman–Crippen MR) is 149 cm³/mol. The highest BCUT2D eigenvalue weighted by Gasteiger charge is 2.06. The SMILES string of the molecule is CCc1ccccc1.COc1cccc(CCc2cc3c(OC)cccc3[nH]2)c1.O=CNCCNC=O. The summed E-state index contributed by atoms with van der Waals surface area (Å²) in [7, 11) is 3.40. The molecule has 0 fully saturated rings. The first kappa shape index (κ1) is 29.0. The smallest absolute Gasteiger partial charge is 0.207 e. The minimum absolute atomic E-state index is 0.488. The summed E-state index contributed by atoms with van der Waals surface area (Å²) in [5.74, 6) is 1.82. The van der Waals surface area contributed by atoms with Crippen LogP contribution in [0.4, 0.5) is 0 Å². The van der Waals surface area contributed by atoms with Crippen LogP contribution in [0.5, 0.6) is 11.5 Å². The van der Waals surface area contributed by atoms with Crippen molar-refractivity contribution in [2.24, 2.45) is 0 Å². The highest BCUT2D eigenvalue weighted by atomic mass is 16.5. The fourth-order valence-electron chi connectivity index (χ4n) is 3.58. The van der Waals surface area contributed by atoms with Crippen molar-refractivity contribution in [3.8, 4) is 11.5 Å². The minimum Gasteiger partial charge on any atom is -0.497 e. The molecule has 0 aliphatic heterocycles. The van der Waals surface area contributed by atoms with E-state index in [1.807, 2.05) is 30.3 Å². The van der Waals surface area contributed by atoms with Gasteiger partial charge in [-0.25, -0.2) is 0 Å². The lowest BCUT2D eigenvalue weighted by atomic mass is 10.1. The zero-order valence-corrected chi connectivity index (χ0v) is 21.8. The van der Waals surface area contributed by atoms with E-state index in [4.69, 9.17) is 9.47 Å². The second-order valence-corrected chi connectivity index (χ2v) is 8.05. The first-order valence-corrected chi connectivity index (χ1v) is 12.3. The number of hydrogen-bond donors (Lipinski definition) is 3. The molecule has 2 amide bonds. The van der Waals surface area contributed by atoms with Crippen molar-refractivity contribution in [3.05, 3.63) is 95.7 Å². The summed E-state index contributed by atoms with van der Waals surface area (Å²) in [6, 6.07) is 26.9. The topological polar surface area (TPSA) is 92.4 Å². The largest absolute Gasteiger partial charge is 0.497 e. The Hall–Kier alpha value is -4.26. The quantitative estimate of drug-likeness (QED) is 0.204. The van der Waals surface area contributed by atoms with Crippen LogP contribution < -0.4 is 20.1 Å². The minimum atomic E-state index is 0.488. The molecule has 0 radical (unpaired) electrons. The lowest BCUT2D eigenvalue weighted by Crippen LogP contribution is -2.25. The molecule has 0 aliphatic carbocycles. The number of benzene rings is 3. The van der Waals surface area contributed by atoms with Gasteiger partial charge in [0, 0.05) is 29.7 Å². The van der Waals surface area contributed by atoms with Gasteiger partial charge in [-0.2, -0.15) is 0 Å². The number of rotatable bonds is 11. The number of carbonyl (C=O) groups excluding carboxylic acids is 2. The Morgan fingerprint density at radius 2 is 1.43 bits per heavy atom. The number of methoxy groups -OCH3 is 2. The number of fused-ring (bicyclic) bond motifs is 1. The van der Waals surface area contributed by atoms with Gasteiger partial charge >= 0.3 is 0 Å². The van der Waals surface area contributed by atoms with Gasteiger partial charge in [-0.05, 0) is 60.7 Å². The van der Waals surface area contributed by atoms with Gasteiger partial charge in [0.25, 0.3) is 0 Å². The zero-order valence-electron chi connectivity index (χ0n) is 21.8. The fourth-order valence-corrected chi connectivity index (χ4v) is 3.58. The van der Waals surface area contributed by atoms with Crippen molar-refractivity contribution in [2.75, 3.05) is 27.3 Å². The van der Waals surface area contributed by atoms with Crippen molar-refractivity contribution in [2.45, 2.75) is 26.2 Å². The van der Waals surface area contributed by atoms with Crippen LogP contribution >= 0.6 is 0 Å². The number of amides is 2. The van der Waals surface area contributed by atoms with Gasteiger partial charge in [0.1, 0.15) is 11.5 Å². The van der Waals surface area contributed by atoms with Crippen LogP contribution in [0.1, 0.15) is 23.7 Å². The Morgan fingerprint density at radius 3 is 2.03 bits per heavy atom. The van der Waals surface area contributed by atoms with Crippen LogP contribution in [0.15, 0.2) is 78.9 Å². The standard InChI is InChI=1S/C18H19NO2.C8H10.C4H8N2O2/c1-20-15-6-3-5-13(11-15)9-10-14-12-16-17(19-14)7-4-8-18(16)21-2;1-2-8-6-4-3-5-7-8;7-3-5-1-2-6-4-8/h3-8,11-12,19H,9-10H2,1-2H3;3-7H,2H2,1H3;3-4H,1-2H2,(H,5,7)(H,6,8). The summed E-state index contributed by atoms with van der Waals surface area (Å²) < 4.78 is 10.7. The molecular weight excluding hydrogens is 466 g/mol. The highest BCUT2D eigenvalue weighted by Crippen LogP contribution is 2.26. The summed E-state index contributed by atoms with van der Waals surface area (Å²) in [5, 5.41) is 5.90. The summed E-state index contributed by atoms with van der Waals surface area (Å²) in [6.07, 6.45) is 4.26. The van der Waals surface area contributed by atoms with Crippen LogP contribution in [0, 0.1) is 0 Å². The summed E-state index contributed by atoms with van der Waals surface area (Å²) in [5.41, 5.74) is 5.03. The summed E-state index contributed by atoms with van der Waals surface area (Å²) in [4.78, 5) is 22.5. The van der Waals surface area contributed by atoms with Crippen molar-refractivity contribution in [3.63, 3.8) is 0 Å². The number of aryl methyl sites for hydroxylation is 3. The molecule has 0 saturated carbocycles. The van der Waals surface area contributed by atoms with Gasteiger partial charge in [-0.15, -0.1) is 0 Å². The fraction of sp³-hybridized carbons (Fsp3) is 0.267. The molecule has 7 nitrogen and oxygen atoms in total. The molecule has 3 aromatic carbocycles. The molecule has 0 atom stereocenters. The van der Waals surface area contributed by atoms with Crippen LogP contribution in [-0.2, 0) is 28.9 Å². The molecule has 3 N–H and O–H groups in total. The van der Waals surface area contributed by atoms with Gasteiger partial charge in [-0.3, -0.25) is 9.59 Å². The molecule has 7 heteroatoms. The van der Waals surface area contributed by atoms with Crippen molar-refractivity contribution < 1.29 is 19.1 Å². The molecule has 0 unspecified atom stereocenters. The average molecular weight is 504 g/mol. The van der Waals surface area contributed by atoms with Crippen LogP contribution in [0.25, 0.3) is 10.9 Å². The van der Waals surface area contributed by atoms with Gasteiger partial charge in [-0.1, -0.05) is 55.5 Å². The van der Waals surface area contributed by atoms with Gasteiger partial charge < -0.3 is 25.1 Å². The normalized spacial score (nSPS) is 9.70. The van der Waals surface area contributed by atoms with Crippen LogP contribution in [0.3, 0.4) is 0 Å². The van der Waals surface area contributed by atoms with E-state index in [0.29, 0.717) is 25.9 Å². The monoisotopic (exact) mass is 503 g/mol. The van der Waals surface area contributed by atoms with E-state index in [1.54, 1.807) is 14.2 Å². The Labute approximate surface area is 219 Å².